The molecule has 88 valence electrons. The molecule has 1 aromatic heterocycles. The SMILES string of the molecule is Fc1cnc(NCC(Cl)c2ccccc2)nc1. The predicted octanol–water partition coefficient (Wildman–Crippen LogP) is 3.01. The van der Waals surface area contributed by atoms with Crippen LogP contribution in [0.25, 0.3) is 0 Å². The van der Waals surface area contributed by atoms with Gasteiger partial charge in [0.1, 0.15) is 0 Å². The molecule has 0 fully saturated rings. The smallest absolute Gasteiger partial charge is 0.222 e. The lowest BCUT2D eigenvalue weighted by atomic mass is 10.1. The van der Waals surface area contributed by atoms with Gasteiger partial charge in [0.2, 0.25) is 5.95 Å². The highest BCUT2D eigenvalue weighted by Gasteiger charge is 2.07. The van der Waals surface area contributed by atoms with Crippen LogP contribution >= 0.6 is 11.6 Å². The van der Waals surface area contributed by atoms with Crippen molar-refractivity contribution in [2.24, 2.45) is 0 Å². The summed E-state index contributed by atoms with van der Waals surface area (Å²) in [6, 6.07) is 9.69. The maximum atomic E-state index is 12.6. The Morgan fingerprint density at radius 2 is 1.82 bits per heavy atom. The average molecular weight is 252 g/mol. The zero-order valence-corrected chi connectivity index (χ0v) is 9.73. The molecular formula is C12H11ClFN3. The first-order chi connectivity index (χ1) is 8.25. The average Bonchev–Trinajstić information content (AvgIpc) is 2.39. The molecule has 0 aliphatic heterocycles. The number of anilines is 1. The zero-order chi connectivity index (χ0) is 12.1. The van der Waals surface area contributed by atoms with Crippen LogP contribution in [0.3, 0.4) is 0 Å². The Balaban J connectivity index is 1.92. The Morgan fingerprint density at radius 1 is 1.18 bits per heavy atom. The van der Waals surface area contributed by atoms with Gasteiger partial charge in [0.05, 0.1) is 17.8 Å². The van der Waals surface area contributed by atoms with Crippen LogP contribution in [0.5, 0.6) is 0 Å². The van der Waals surface area contributed by atoms with E-state index in [1.54, 1.807) is 0 Å². The maximum absolute atomic E-state index is 12.6. The normalized spacial score (nSPS) is 12.1. The molecule has 1 N–H and O–H groups in total. The predicted molar refractivity (Wildman–Crippen MR) is 65.5 cm³/mol. The number of hydrogen-bond donors (Lipinski definition) is 1. The molecule has 0 radical (unpaired) electrons. The topological polar surface area (TPSA) is 37.8 Å². The van der Waals surface area contributed by atoms with E-state index < -0.39 is 5.82 Å². The third-order valence-corrected chi connectivity index (χ3v) is 2.63. The fraction of sp³-hybridized carbons (Fsp3) is 0.167. The number of halogens is 2. The van der Waals surface area contributed by atoms with Crippen LogP contribution in [0, 0.1) is 5.82 Å². The van der Waals surface area contributed by atoms with Gasteiger partial charge >= 0.3 is 0 Å². The van der Waals surface area contributed by atoms with Gasteiger partial charge in [-0.1, -0.05) is 30.3 Å². The van der Waals surface area contributed by atoms with E-state index in [9.17, 15) is 4.39 Å². The number of rotatable bonds is 4. The van der Waals surface area contributed by atoms with Gasteiger partial charge in [-0.05, 0) is 5.56 Å². The molecule has 1 atom stereocenters. The Labute approximate surface area is 104 Å². The van der Waals surface area contributed by atoms with Crippen molar-refractivity contribution >= 4 is 17.5 Å². The molecule has 0 aliphatic rings. The van der Waals surface area contributed by atoms with E-state index in [4.69, 9.17) is 11.6 Å². The van der Waals surface area contributed by atoms with Crippen LogP contribution in [0.1, 0.15) is 10.9 Å². The van der Waals surface area contributed by atoms with Crippen molar-refractivity contribution in [1.29, 1.82) is 0 Å². The third-order valence-electron chi connectivity index (χ3n) is 2.22. The first-order valence-electron chi connectivity index (χ1n) is 5.16. The standard InChI is InChI=1S/C12H11ClFN3/c13-11(9-4-2-1-3-5-9)8-17-12-15-6-10(14)7-16-12/h1-7,11H,8H2,(H,15,16,17). The molecule has 0 saturated heterocycles. The molecule has 1 aromatic carbocycles. The lowest BCUT2D eigenvalue weighted by Gasteiger charge is -2.10. The summed E-state index contributed by atoms with van der Waals surface area (Å²) in [7, 11) is 0. The molecule has 17 heavy (non-hydrogen) atoms. The molecule has 1 unspecified atom stereocenters. The molecule has 0 bridgehead atoms. The molecular weight excluding hydrogens is 241 g/mol. The molecule has 5 heteroatoms. The van der Waals surface area contributed by atoms with Crippen molar-refractivity contribution in [1.82, 2.24) is 9.97 Å². The number of nitrogens with zero attached hydrogens (tertiary/aromatic N) is 2. The van der Waals surface area contributed by atoms with Gasteiger partial charge < -0.3 is 5.32 Å². The third kappa shape index (κ3) is 3.39. The van der Waals surface area contributed by atoms with Crippen molar-refractivity contribution < 1.29 is 4.39 Å². The maximum Gasteiger partial charge on any atom is 0.222 e. The molecule has 3 nitrogen and oxygen atoms in total. The van der Waals surface area contributed by atoms with E-state index in [2.05, 4.69) is 15.3 Å². The van der Waals surface area contributed by atoms with Crippen LogP contribution in [0.4, 0.5) is 10.3 Å². The minimum atomic E-state index is -0.457. The Kier molecular flexibility index (Phi) is 3.88. The molecule has 0 saturated carbocycles. The van der Waals surface area contributed by atoms with Crippen molar-refractivity contribution in [2.45, 2.75) is 5.38 Å². The van der Waals surface area contributed by atoms with Gasteiger partial charge in [-0.2, -0.15) is 0 Å². The first-order valence-corrected chi connectivity index (χ1v) is 5.60. The minimum Gasteiger partial charge on any atom is -0.352 e. The van der Waals surface area contributed by atoms with E-state index in [1.165, 1.54) is 0 Å². The Hall–Kier alpha value is -1.68. The quantitative estimate of drug-likeness (QED) is 0.849. The first kappa shape index (κ1) is 11.8. The summed E-state index contributed by atoms with van der Waals surface area (Å²) in [6.45, 7) is 0.483. The Morgan fingerprint density at radius 3 is 2.47 bits per heavy atom. The summed E-state index contributed by atoms with van der Waals surface area (Å²) in [5.41, 5.74) is 1.02. The van der Waals surface area contributed by atoms with E-state index >= 15 is 0 Å². The van der Waals surface area contributed by atoms with E-state index in [0.29, 0.717) is 12.5 Å². The van der Waals surface area contributed by atoms with Crippen LogP contribution in [0.15, 0.2) is 42.7 Å². The van der Waals surface area contributed by atoms with E-state index in [0.717, 1.165) is 18.0 Å². The highest BCUT2D eigenvalue weighted by molar-refractivity contribution is 6.21. The van der Waals surface area contributed by atoms with Crippen LogP contribution in [0.2, 0.25) is 0 Å². The van der Waals surface area contributed by atoms with E-state index in [1.807, 2.05) is 30.3 Å². The summed E-state index contributed by atoms with van der Waals surface area (Å²) in [5.74, 6) is -0.0889. The molecule has 2 rings (SSSR count). The van der Waals surface area contributed by atoms with E-state index in [-0.39, 0.29) is 5.38 Å². The fourth-order valence-electron chi connectivity index (χ4n) is 1.36. The van der Waals surface area contributed by atoms with Gasteiger partial charge in [0.15, 0.2) is 5.82 Å². The fourth-order valence-corrected chi connectivity index (χ4v) is 1.59. The lowest BCUT2D eigenvalue weighted by Crippen LogP contribution is -2.10. The van der Waals surface area contributed by atoms with Gasteiger partial charge in [-0.15, -0.1) is 11.6 Å². The molecule has 1 heterocycles. The number of benzene rings is 1. The highest BCUT2D eigenvalue weighted by Crippen LogP contribution is 2.19. The van der Waals surface area contributed by atoms with Gasteiger partial charge in [-0.25, -0.2) is 14.4 Å². The molecule has 0 aliphatic carbocycles. The zero-order valence-electron chi connectivity index (χ0n) is 8.98. The summed E-state index contributed by atoms with van der Waals surface area (Å²) in [4.78, 5) is 7.58. The monoisotopic (exact) mass is 251 g/mol. The van der Waals surface area contributed by atoms with Crippen molar-refractivity contribution in [3.63, 3.8) is 0 Å². The highest BCUT2D eigenvalue weighted by atomic mass is 35.5. The second kappa shape index (κ2) is 5.59. The summed E-state index contributed by atoms with van der Waals surface area (Å²) < 4.78 is 12.6. The van der Waals surface area contributed by atoms with Crippen LogP contribution < -0.4 is 5.32 Å². The minimum absolute atomic E-state index is 0.176. The number of alkyl halides is 1. The molecule has 2 aromatic rings. The largest absolute Gasteiger partial charge is 0.352 e. The number of aromatic nitrogens is 2. The van der Waals surface area contributed by atoms with Crippen molar-refractivity contribution in [3.8, 4) is 0 Å². The van der Waals surface area contributed by atoms with Crippen molar-refractivity contribution in [2.75, 3.05) is 11.9 Å². The van der Waals surface area contributed by atoms with Crippen LogP contribution in [-0.2, 0) is 0 Å². The Bertz CT molecular complexity index is 461. The summed E-state index contributed by atoms with van der Waals surface area (Å²) >= 11 is 6.20. The van der Waals surface area contributed by atoms with Crippen LogP contribution in [-0.4, -0.2) is 16.5 Å². The second-order valence-electron chi connectivity index (χ2n) is 3.48. The number of nitrogens with one attached hydrogen (secondary N) is 1. The molecule has 0 spiro atoms. The molecule has 0 amide bonds. The second-order valence-corrected chi connectivity index (χ2v) is 4.01. The van der Waals surface area contributed by atoms with Gasteiger partial charge in [-0.3, -0.25) is 0 Å². The van der Waals surface area contributed by atoms with Crippen molar-refractivity contribution in [3.05, 3.63) is 54.1 Å². The van der Waals surface area contributed by atoms with Gasteiger partial charge in [0.25, 0.3) is 0 Å². The van der Waals surface area contributed by atoms with Gasteiger partial charge in [0, 0.05) is 6.54 Å². The number of hydrogen-bond acceptors (Lipinski definition) is 3. The lowest BCUT2D eigenvalue weighted by molar-refractivity contribution is 0.614. The summed E-state index contributed by atoms with van der Waals surface area (Å²) in [6.07, 6.45) is 2.22. The summed E-state index contributed by atoms with van der Waals surface area (Å²) in [5, 5.41) is 2.77.